The van der Waals surface area contributed by atoms with Gasteiger partial charge in [-0.3, -0.25) is 4.79 Å². The van der Waals surface area contributed by atoms with E-state index in [0.29, 0.717) is 32.1 Å². The zero-order valence-corrected chi connectivity index (χ0v) is 17.4. The van der Waals surface area contributed by atoms with Crippen LogP contribution < -0.4 is 5.73 Å². The lowest BCUT2D eigenvalue weighted by molar-refractivity contribution is -0.137. The Hall–Kier alpha value is -1.15. The number of nitrogens with two attached hydrogens (primary N) is 1. The molecule has 0 aliphatic carbocycles. The largest absolute Gasteiger partial charge is 0.339 e. The smallest absolute Gasteiger partial charge is 0.227 e. The van der Waals surface area contributed by atoms with Crippen LogP contribution in [-0.4, -0.2) is 55.8 Å². The number of halogens is 1. The molecule has 27 heavy (non-hydrogen) atoms. The first-order valence-electron chi connectivity index (χ1n) is 9.43. The molecule has 3 atom stereocenters. The van der Waals surface area contributed by atoms with Crippen molar-refractivity contribution in [2.45, 2.75) is 38.0 Å². The van der Waals surface area contributed by atoms with Gasteiger partial charge in [0.25, 0.3) is 0 Å². The number of sulfonamides is 1. The van der Waals surface area contributed by atoms with Crippen LogP contribution in [0.1, 0.15) is 31.7 Å². The number of benzene rings is 1. The fraction of sp³-hybridized carbons (Fsp3) is 0.632. The maximum atomic E-state index is 13.0. The summed E-state index contributed by atoms with van der Waals surface area (Å²) in [4.78, 5) is 14.9. The van der Waals surface area contributed by atoms with Gasteiger partial charge in [-0.2, -0.15) is 0 Å². The Kier molecular flexibility index (Phi) is 7.68. The van der Waals surface area contributed by atoms with Crippen LogP contribution in [0.15, 0.2) is 30.3 Å². The summed E-state index contributed by atoms with van der Waals surface area (Å²) >= 11 is 0. The predicted octanol–water partition coefficient (Wildman–Crippen LogP) is 1.85. The Morgan fingerprint density at radius 1 is 1.22 bits per heavy atom. The summed E-state index contributed by atoms with van der Waals surface area (Å²) in [6.45, 7) is 4.14. The van der Waals surface area contributed by atoms with Crippen molar-refractivity contribution in [2.24, 2.45) is 17.6 Å². The van der Waals surface area contributed by atoms with Crippen molar-refractivity contribution in [1.82, 2.24) is 9.21 Å². The lowest BCUT2D eigenvalue weighted by Crippen LogP contribution is -2.47. The predicted molar refractivity (Wildman–Crippen MR) is 109 cm³/mol. The lowest BCUT2D eigenvalue weighted by Gasteiger charge is -2.34. The molecule has 1 amide bonds. The number of carbonyl (C=O) groups is 1. The van der Waals surface area contributed by atoms with Gasteiger partial charge in [0.2, 0.25) is 15.9 Å². The quantitative estimate of drug-likeness (QED) is 0.795. The molecule has 8 heteroatoms. The van der Waals surface area contributed by atoms with E-state index in [9.17, 15) is 13.2 Å². The summed E-state index contributed by atoms with van der Waals surface area (Å²) in [6, 6.07) is 9.39. The van der Waals surface area contributed by atoms with Gasteiger partial charge in [0, 0.05) is 25.7 Å². The summed E-state index contributed by atoms with van der Waals surface area (Å²) in [5, 5.41) is 0. The highest BCUT2D eigenvalue weighted by atomic mass is 35.5. The number of hydrogen-bond acceptors (Lipinski definition) is 4. The topological polar surface area (TPSA) is 83.7 Å². The van der Waals surface area contributed by atoms with E-state index in [4.69, 9.17) is 5.73 Å². The Morgan fingerprint density at radius 2 is 1.93 bits per heavy atom. The molecule has 2 heterocycles. The molecule has 1 aromatic rings. The summed E-state index contributed by atoms with van der Waals surface area (Å²) < 4.78 is 27.1. The van der Waals surface area contributed by atoms with Gasteiger partial charge in [-0.1, -0.05) is 30.3 Å². The maximum Gasteiger partial charge on any atom is 0.227 e. The fourth-order valence-electron chi connectivity index (χ4n) is 4.13. The van der Waals surface area contributed by atoms with E-state index >= 15 is 0 Å². The SMILES string of the molecule is CC1CC(CN)CN1C(=O)C1CCCN(S(=O)(=O)Cc2ccccc2)C1.Cl. The van der Waals surface area contributed by atoms with Crippen molar-refractivity contribution in [3.63, 3.8) is 0 Å². The number of piperidine rings is 1. The third-order valence-electron chi connectivity index (χ3n) is 5.60. The summed E-state index contributed by atoms with van der Waals surface area (Å²) in [6.07, 6.45) is 2.42. The minimum atomic E-state index is -3.41. The number of carbonyl (C=O) groups excluding carboxylic acids is 1. The molecule has 0 radical (unpaired) electrons. The molecule has 1 aromatic carbocycles. The molecule has 152 valence electrons. The normalized spacial score (nSPS) is 26.6. The summed E-state index contributed by atoms with van der Waals surface area (Å²) in [5.41, 5.74) is 6.54. The molecule has 0 spiro atoms. The van der Waals surface area contributed by atoms with E-state index in [-0.39, 0.29) is 36.0 Å². The van der Waals surface area contributed by atoms with Crippen molar-refractivity contribution in [2.75, 3.05) is 26.2 Å². The minimum absolute atomic E-state index is 0. The molecular weight excluding hydrogens is 386 g/mol. The van der Waals surface area contributed by atoms with E-state index in [0.717, 1.165) is 24.8 Å². The van der Waals surface area contributed by atoms with E-state index in [1.165, 1.54) is 4.31 Å². The molecule has 0 bridgehead atoms. The summed E-state index contributed by atoms with van der Waals surface area (Å²) in [7, 11) is -3.41. The molecule has 2 saturated heterocycles. The maximum absolute atomic E-state index is 13.0. The zero-order chi connectivity index (χ0) is 18.7. The van der Waals surface area contributed by atoms with Crippen LogP contribution in [0.25, 0.3) is 0 Å². The standard InChI is InChI=1S/C19H29N3O3S.ClH/c1-15-10-17(11-20)12-22(15)19(23)18-8-5-9-21(13-18)26(24,25)14-16-6-3-2-4-7-16;/h2-4,6-7,15,17-18H,5,8-14,20H2,1H3;1H. The van der Waals surface area contributed by atoms with Crippen LogP contribution >= 0.6 is 12.4 Å². The van der Waals surface area contributed by atoms with E-state index in [2.05, 4.69) is 6.92 Å². The van der Waals surface area contributed by atoms with Crippen LogP contribution in [-0.2, 0) is 20.6 Å². The fourth-order valence-corrected chi connectivity index (χ4v) is 5.74. The van der Waals surface area contributed by atoms with Gasteiger partial charge in [-0.25, -0.2) is 12.7 Å². The van der Waals surface area contributed by atoms with Crippen molar-refractivity contribution >= 4 is 28.3 Å². The minimum Gasteiger partial charge on any atom is -0.339 e. The van der Waals surface area contributed by atoms with Crippen LogP contribution in [0.5, 0.6) is 0 Å². The second kappa shape index (κ2) is 9.37. The zero-order valence-electron chi connectivity index (χ0n) is 15.8. The first-order chi connectivity index (χ1) is 12.4. The van der Waals surface area contributed by atoms with Crippen molar-refractivity contribution in [3.8, 4) is 0 Å². The van der Waals surface area contributed by atoms with Crippen LogP contribution in [0, 0.1) is 11.8 Å². The van der Waals surface area contributed by atoms with Gasteiger partial charge in [0.05, 0.1) is 11.7 Å². The first-order valence-corrected chi connectivity index (χ1v) is 11.0. The highest BCUT2D eigenvalue weighted by Gasteiger charge is 2.38. The van der Waals surface area contributed by atoms with Crippen molar-refractivity contribution in [3.05, 3.63) is 35.9 Å². The first kappa shape index (κ1) is 22.1. The number of rotatable bonds is 5. The van der Waals surface area contributed by atoms with Crippen LogP contribution in [0.2, 0.25) is 0 Å². The average molecular weight is 416 g/mol. The number of amides is 1. The Morgan fingerprint density at radius 3 is 2.56 bits per heavy atom. The third kappa shape index (κ3) is 5.22. The van der Waals surface area contributed by atoms with E-state index in [1.54, 1.807) is 0 Å². The Labute approximate surface area is 168 Å². The summed E-state index contributed by atoms with van der Waals surface area (Å²) in [5.74, 6) is 0.196. The molecule has 2 N–H and O–H groups in total. The third-order valence-corrected chi connectivity index (χ3v) is 7.41. The lowest BCUT2D eigenvalue weighted by atomic mass is 9.98. The molecule has 2 aliphatic rings. The highest BCUT2D eigenvalue weighted by Crippen LogP contribution is 2.28. The van der Waals surface area contributed by atoms with Gasteiger partial charge in [0.1, 0.15) is 0 Å². The van der Waals surface area contributed by atoms with Gasteiger partial charge < -0.3 is 10.6 Å². The van der Waals surface area contributed by atoms with Crippen LogP contribution in [0.3, 0.4) is 0 Å². The highest BCUT2D eigenvalue weighted by molar-refractivity contribution is 7.88. The molecule has 3 rings (SSSR count). The monoisotopic (exact) mass is 415 g/mol. The Bertz CT molecular complexity index is 729. The number of likely N-dealkylation sites (tertiary alicyclic amines) is 1. The number of nitrogens with zero attached hydrogens (tertiary/aromatic N) is 2. The average Bonchev–Trinajstić information content (AvgIpc) is 3.02. The second-order valence-electron chi connectivity index (χ2n) is 7.62. The van der Waals surface area contributed by atoms with Gasteiger partial charge >= 0.3 is 0 Å². The molecule has 6 nitrogen and oxygen atoms in total. The molecule has 2 aliphatic heterocycles. The van der Waals surface area contributed by atoms with Crippen LogP contribution in [0.4, 0.5) is 0 Å². The van der Waals surface area contributed by atoms with E-state index in [1.807, 2.05) is 35.2 Å². The van der Waals surface area contributed by atoms with Gasteiger partial charge in [-0.15, -0.1) is 12.4 Å². The van der Waals surface area contributed by atoms with E-state index < -0.39 is 10.0 Å². The molecule has 3 unspecified atom stereocenters. The molecular formula is C19H30ClN3O3S. The Balaban J connectivity index is 0.00000261. The van der Waals surface area contributed by atoms with Crippen molar-refractivity contribution in [1.29, 1.82) is 0 Å². The van der Waals surface area contributed by atoms with Gasteiger partial charge in [0.15, 0.2) is 0 Å². The molecule has 0 aromatic heterocycles. The second-order valence-corrected chi connectivity index (χ2v) is 9.58. The molecule has 2 fully saturated rings. The molecule has 0 saturated carbocycles. The number of hydrogen-bond donors (Lipinski definition) is 1. The van der Waals surface area contributed by atoms with Gasteiger partial charge in [-0.05, 0) is 44.2 Å². The van der Waals surface area contributed by atoms with Crippen molar-refractivity contribution < 1.29 is 13.2 Å².